The summed E-state index contributed by atoms with van der Waals surface area (Å²) in [6, 6.07) is 7.76. The van der Waals surface area contributed by atoms with Crippen LogP contribution in [0.1, 0.15) is 10.4 Å². The lowest BCUT2D eigenvalue weighted by Gasteiger charge is -1.88. The fourth-order valence-corrected chi connectivity index (χ4v) is 0.754. The average molecular weight is 164 g/mol. The molecule has 0 atom stereocenters. The quantitative estimate of drug-likeness (QED) is 0.282. The van der Waals surface area contributed by atoms with Gasteiger partial charge in [0.05, 0.1) is 0 Å². The summed E-state index contributed by atoms with van der Waals surface area (Å²) in [7, 11) is 0. The van der Waals surface area contributed by atoms with Crippen LogP contribution in [0.25, 0.3) is 5.53 Å². The molecule has 0 N–H and O–H groups in total. The van der Waals surface area contributed by atoms with Gasteiger partial charge in [-0.25, -0.2) is 0 Å². The first kappa shape index (κ1) is 8.30. The van der Waals surface area contributed by atoms with Crippen molar-refractivity contribution in [3.05, 3.63) is 41.4 Å². The summed E-state index contributed by atoms with van der Waals surface area (Å²) in [4.78, 5) is 13.1. The number of Topliss-reactive ketones (excluding diaryl/α,β-unsaturated/α-hetero) is 1. The Morgan fingerprint density at radius 1 is 1.33 bits per heavy atom. The van der Waals surface area contributed by atoms with E-state index in [2.05, 4.69) is 4.79 Å². The molecule has 1 aromatic rings. The van der Waals surface area contributed by atoms with E-state index in [4.69, 9.17) is 5.53 Å². The smallest absolute Gasteiger partial charge is 0.358 e. The van der Waals surface area contributed by atoms with Crippen molar-refractivity contribution in [1.29, 1.82) is 0 Å². The number of ketones is 1. The maximum atomic E-state index is 12.4. The van der Waals surface area contributed by atoms with E-state index in [-0.39, 0.29) is 5.56 Å². The maximum absolute atomic E-state index is 12.4. The molecule has 0 aliphatic carbocycles. The van der Waals surface area contributed by atoms with Crippen molar-refractivity contribution in [2.24, 2.45) is 0 Å². The lowest BCUT2D eigenvalue weighted by molar-refractivity contribution is -0.0203. The summed E-state index contributed by atoms with van der Waals surface area (Å²) in [5.74, 6) is -2.32. The van der Waals surface area contributed by atoms with Gasteiger partial charge in [-0.05, 0) is 0 Å². The molecule has 0 fully saturated rings. The third kappa shape index (κ3) is 1.62. The summed E-state index contributed by atoms with van der Waals surface area (Å²) < 4.78 is 12.4. The molecule has 3 nitrogen and oxygen atoms in total. The van der Waals surface area contributed by atoms with Crippen molar-refractivity contribution in [3.8, 4) is 0 Å². The van der Waals surface area contributed by atoms with Crippen molar-refractivity contribution in [3.63, 3.8) is 0 Å². The van der Waals surface area contributed by atoms with Crippen molar-refractivity contribution >= 4 is 11.7 Å². The highest BCUT2D eigenvalue weighted by Gasteiger charge is 2.20. The Labute approximate surface area is 68.1 Å². The lowest BCUT2D eigenvalue weighted by Crippen LogP contribution is -2.09. The Morgan fingerprint density at radius 3 is 2.42 bits per heavy atom. The predicted octanol–water partition coefficient (Wildman–Crippen LogP) is 1.47. The van der Waals surface area contributed by atoms with E-state index in [1.165, 1.54) is 12.1 Å². The topological polar surface area (TPSA) is 53.5 Å². The standard InChI is InChI=1S/C8H5FN2O/c9-8(11-10)7(12)6-4-2-1-3-5-6/h1-5H. The fraction of sp³-hybridized carbons (Fsp3) is 0. The fourth-order valence-electron chi connectivity index (χ4n) is 0.754. The number of hydrogen-bond acceptors (Lipinski definition) is 1. The number of halogens is 1. The van der Waals surface area contributed by atoms with Crippen molar-refractivity contribution in [2.45, 2.75) is 0 Å². The first-order valence-corrected chi connectivity index (χ1v) is 3.23. The van der Waals surface area contributed by atoms with Crippen LogP contribution in [-0.2, 0) is 0 Å². The molecule has 0 aromatic heterocycles. The first-order chi connectivity index (χ1) is 5.75. The largest absolute Gasteiger partial charge is 0.516 e. The van der Waals surface area contributed by atoms with Gasteiger partial charge in [0, 0.05) is 5.56 Å². The van der Waals surface area contributed by atoms with Gasteiger partial charge in [0.15, 0.2) is 0 Å². The van der Waals surface area contributed by atoms with Crippen molar-refractivity contribution < 1.29 is 14.0 Å². The number of rotatable bonds is 2. The van der Waals surface area contributed by atoms with Crippen LogP contribution >= 0.6 is 0 Å². The molecular formula is C8H5FN2O. The van der Waals surface area contributed by atoms with Crippen LogP contribution in [0.5, 0.6) is 0 Å². The molecule has 0 aliphatic heterocycles. The molecule has 0 radical (unpaired) electrons. The number of hydrogen-bond donors (Lipinski definition) is 0. The third-order valence-electron chi connectivity index (χ3n) is 1.31. The number of benzene rings is 1. The molecule has 0 heterocycles. The second-order valence-corrected chi connectivity index (χ2v) is 2.09. The highest BCUT2D eigenvalue weighted by atomic mass is 19.1. The van der Waals surface area contributed by atoms with Gasteiger partial charge in [-0.3, -0.25) is 4.79 Å². The Balaban J connectivity index is 3.02. The zero-order valence-corrected chi connectivity index (χ0v) is 6.07. The first-order valence-electron chi connectivity index (χ1n) is 3.23. The molecule has 1 aromatic carbocycles. The Kier molecular flexibility index (Phi) is 2.46. The molecule has 0 unspecified atom stereocenters. The molecular weight excluding hydrogens is 159 g/mol. The number of carbonyl (C=O) groups excluding carboxylic acids is 1. The average Bonchev–Trinajstić information content (AvgIpc) is 2.17. The second-order valence-electron chi connectivity index (χ2n) is 2.09. The van der Waals surface area contributed by atoms with Crippen LogP contribution in [-0.4, -0.2) is 16.5 Å². The minimum atomic E-state index is -1.40. The van der Waals surface area contributed by atoms with Gasteiger partial charge in [-0.15, -0.1) is 9.18 Å². The van der Waals surface area contributed by atoms with E-state index in [1.807, 2.05) is 0 Å². The summed E-state index contributed by atoms with van der Waals surface area (Å²) in [5.41, 5.74) is 8.12. The summed E-state index contributed by atoms with van der Waals surface area (Å²) in [6.45, 7) is 0. The van der Waals surface area contributed by atoms with E-state index in [9.17, 15) is 9.18 Å². The number of carbonyl (C=O) groups is 1. The number of nitrogens with zero attached hydrogens (tertiary/aromatic N) is 2. The van der Waals surface area contributed by atoms with Crippen LogP contribution in [0, 0.1) is 0 Å². The lowest BCUT2D eigenvalue weighted by atomic mass is 10.1. The van der Waals surface area contributed by atoms with Gasteiger partial charge >= 0.3 is 11.7 Å². The highest BCUT2D eigenvalue weighted by Crippen LogP contribution is 2.00. The minimum absolute atomic E-state index is 0.160. The van der Waals surface area contributed by atoms with Crippen LogP contribution in [0.3, 0.4) is 0 Å². The van der Waals surface area contributed by atoms with Crippen LogP contribution < -0.4 is 0 Å². The third-order valence-corrected chi connectivity index (χ3v) is 1.31. The van der Waals surface area contributed by atoms with Crippen LogP contribution in [0.15, 0.2) is 30.3 Å². The Morgan fingerprint density at radius 2 is 1.92 bits per heavy atom. The van der Waals surface area contributed by atoms with Gasteiger partial charge in [-0.1, -0.05) is 30.3 Å². The molecule has 0 aliphatic rings. The molecule has 0 amide bonds. The minimum Gasteiger partial charge on any atom is -0.358 e. The molecule has 12 heavy (non-hydrogen) atoms. The van der Waals surface area contributed by atoms with Gasteiger partial charge in [-0.2, -0.15) is 0 Å². The normalized spacial score (nSPS) is 8.75. The van der Waals surface area contributed by atoms with E-state index in [0.717, 1.165) is 0 Å². The zero-order chi connectivity index (χ0) is 8.97. The molecule has 1 rings (SSSR count). The van der Waals surface area contributed by atoms with E-state index < -0.39 is 11.7 Å². The van der Waals surface area contributed by atoms with E-state index >= 15 is 0 Å². The molecule has 60 valence electrons. The van der Waals surface area contributed by atoms with Gasteiger partial charge in [0.2, 0.25) is 0 Å². The highest BCUT2D eigenvalue weighted by molar-refractivity contribution is 6.40. The maximum Gasteiger partial charge on any atom is 0.516 e. The van der Waals surface area contributed by atoms with Crippen LogP contribution in [0.4, 0.5) is 4.39 Å². The second kappa shape index (κ2) is 3.55. The summed E-state index contributed by atoms with van der Waals surface area (Å²) >= 11 is 0. The van der Waals surface area contributed by atoms with Crippen LogP contribution in [0.2, 0.25) is 0 Å². The van der Waals surface area contributed by atoms with Gasteiger partial charge in [0.25, 0.3) is 0 Å². The zero-order valence-electron chi connectivity index (χ0n) is 6.07. The molecule has 0 bridgehead atoms. The molecule has 4 heteroatoms. The molecule has 0 saturated carbocycles. The Bertz CT molecular complexity index is 341. The van der Waals surface area contributed by atoms with E-state index in [1.54, 1.807) is 18.2 Å². The van der Waals surface area contributed by atoms with Crippen molar-refractivity contribution in [1.82, 2.24) is 0 Å². The van der Waals surface area contributed by atoms with Crippen molar-refractivity contribution in [2.75, 3.05) is 0 Å². The predicted molar refractivity (Wildman–Crippen MR) is 40.5 cm³/mol. The molecule has 0 saturated heterocycles. The SMILES string of the molecule is [N-]=[N+]=C(F)C(=O)c1ccccc1. The molecule has 0 spiro atoms. The van der Waals surface area contributed by atoms with Gasteiger partial charge in [0.1, 0.15) is 0 Å². The van der Waals surface area contributed by atoms with E-state index in [0.29, 0.717) is 0 Å². The van der Waals surface area contributed by atoms with Gasteiger partial charge < -0.3 is 5.53 Å². The summed E-state index contributed by atoms with van der Waals surface area (Å²) in [5, 5.41) is 0. The summed E-state index contributed by atoms with van der Waals surface area (Å²) in [6.07, 6.45) is 0. The Hall–Kier alpha value is -1.80. The monoisotopic (exact) mass is 164 g/mol.